The highest BCUT2D eigenvalue weighted by Crippen LogP contribution is 2.35. The second-order valence-electron chi connectivity index (χ2n) is 7.72. The van der Waals surface area contributed by atoms with Gasteiger partial charge in [-0.2, -0.15) is 5.26 Å². The molecule has 0 bridgehead atoms. The summed E-state index contributed by atoms with van der Waals surface area (Å²) in [7, 11) is 1.55. The van der Waals surface area contributed by atoms with Gasteiger partial charge in [-0.25, -0.2) is 0 Å². The van der Waals surface area contributed by atoms with Crippen LogP contribution in [-0.4, -0.2) is 13.0 Å². The minimum atomic E-state index is -0.480. The largest absolute Gasteiger partial charge is 0.493 e. The number of hydrogen-bond donors (Lipinski definition) is 1. The Labute approximate surface area is 202 Å². The highest BCUT2D eigenvalue weighted by Gasteiger charge is 2.14. The number of rotatable bonds is 7. The van der Waals surface area contributed by atoms with E-state index in [1.807, 2.05) is 69.3 Å². The Morgan fingerprint density at radius 1 is 1.03 bits per heavy atom. The summed E-state index contributed by atoms with van der Waals surface area (Å²) in [6.07, 6.45) is 1.52. The second-order valence-corrected chi connectivity index (χ2v) is 8.58. The summed E-state index contributed by atoms with van der Waals surface area (Å²) in [5, 5.41) is 12.4. The molecule has 0 radical (unpaired) electrons. The minimum Gasteiger partial charge on any atom is -0.493 e. The number of amides is 1. The molecule has 0 saturated carbocycles. The van der Waals surface area contributed by atoms with E-state index in [-0.39, 0.29) is 5.57 Å². The molecule has 0 unspecified atom stereocenters. The molecule has 0 saturated heterocycles. The van der Waals surface area contributed by atoms with E-state index in [1.165, 1.54) is 11.6 Å². The lowest BCUT2D eigenvalue weighted by atomic mass is 10.1. The van der Waals surface area contributed by atoms with Crippen LogP contribution in [0.15, 0.2) is 64.6 Å². The van der Waals surface area contributed by atoms with Gasteiger partial charge in [-0.15, -0.1) is 0 Å². The Balaban J connectivity index is 1.81. The van der Waals surface area contributed by atoms with Gasteiger partial charge >= 0.3 is 0 Å². The van der Waals surface area contributed by atoms with Crippen LogP contribution in [0.5, 0.6) is 11.5 Å². The molecule has 0 aliphatic heterocycles. The molecule has 33 heavy (non-hydrogen) atoms. The fourth-order valence-corrected chi connectivity index (χ4v) is 3.54. The number of anilines is 1. The first-order chi connectivity index (χ1) is 15.8. The molecule has 3 aromatic carbocycles. The molecule has 0 atom stereocenters. The molecule has 5 nitrogen and oxygen atoms in total. The maximum Gasteiger partial charge on any atom is 0.266 e. The average Bonchev–Trinajstić information content (AvgIpc) is 2.80. The molecule has 168 valence electrons. The van der Waals surface area contributed by atoms with Crippen molar-refractivity contribution in [1.82, 2.24) is 0 Å². The molecular formula is C27H25BrN2O3. The normalized spacial score (nSPS) is 11.0. The molecule has 3 aromatic rings. The van der Waals surface area contributed by atoms with Crippen molar-refractivity contribution in [2.24, 2.45) is 0 Å². The minimum absolute atomic E-state index is 0.0238. The molecule has 6 heteroatoms. The summed E-state index contributed by atoms with van der Waals surface area (Å²) >= 11 is 3.52. The summed E-state index contributed by atoms with van der Waals surface area (Å²) in [6.45, 7) is 6.40. The molecule has 0 aliphatic carbocycles. The maximum atomic E-state index is 12.7. The van der Waals surface area contributed by atoms with Crippen LogP contribution in [0.25, 0.3) is 6.08 Å². The zero-order valence-electron chi connectivity index (χ0n) is 19.0. The van der Waals surface area contributed by atoms with Crippen molar-refractivity contribution in [1.29, 1.82) is 5.26 Å². The number of carbonyl (C=O) groups is 1. The highest BCUT2D eigenvalue weighted by molar-refractivity contribution is 9.10. The van der Waals surface area contributed by atoms with Crippen LogP contribution in [-0.2, 0) is 11.4 Å². The van der Waals surface area contributed by atoms with Crippen molar-refractivity contribution in [2.45, 2.75) is 27.4 Å². The number of benzene rings is 3. The molecule has 0 fully saturated rings. The number of carbonyl (C=O) groups excluding carboxylic acids is 1. The number of halogens is 1. The number of nitrogens with zero attached hydrogens (tertiary/aromatic N) is 1. The number of methoxy groups -OCH3 is 1. The number of nitriles is 1. The smallest absolute Gasteiger partial charge is 0.266 e. The van der Waals surface area contributed by atoms with Gasteiger partial charge in [-0.1, -0.05) is 51.8 Å². The van der Waals surface area contributed by atoms with Gasteiger partial charge in [0.2, 0.25) is 0 Å². The van der Waals surface area contributed by atoms with E-state index >= 15 is 0 Å². The van der Waals surface area contributed by atoms with Gasteiger partial charge in [-0.05, 0) is 73.4 Å². The maximum absolute atomic E-state index is 12.7. The van der Waals surface area contributed by atoms with Gasteiger partial charge in [0.25, 0.3) is 5.91 Å². The van der Waals surface area contributed by atoms with Crippen molar-refractivity contribution in [3.8, 4) is 17.6 Å². The lowest BCUT2D eigenvalue weighted by Gasteiger charge is -2.13. The van der Waals surface area contributed by atoms with E-state index in [2.05, 4.69) is 21.2 Å². The van der Waals surface area contributed by atoms with Crippen LogP contribution in [0.1, 0.15) is 27.8 Å². The van der Waals surface area contributed by atoms with Gasteiger partial charge in [0.15, 0.2) is 11.5 Å². The molecule has 1 N–H and O–H groups in total. The monoisotopic (exact) mass is 504 g/mol. The zero-order chi connectivity index (χ0) is 24.0. The number of nitrogens with one attached hydrogen (secondary N) is 1. The summed E-state index contributed by atoms with van der Waals surface area (Å²) in [4.78, 5) is 12.7. The summed E-state index contributed by atoms with van der Waals surface area (Å²) < 4.78 is 12.1. The van der Waals surface area contributed by atoms with Crippen LogP contribution < -0.4 is 14.8 Å². The van der Waals surface area contributed by atoms with Gasteiger partial charge < -0.3 is 14.8 Å². The van der Waals surface area contributed by atoms with Crippen LogP contribution in [0.3, 0.4) is 0 Å². The van der Waals surface area contributed by atoms with Crippen molar-refractivity contribution in [3.05, 3.63) is 92.5 Å². The van der Waals surface area contributed by atoms with Crippen molar-refractivity contribution >= 4 is 33.6 Å². The Kier molecular flexibility index (Phi) is 7.92. The number of aryl methyl sites for hydroxylation is 3. The molecule has 0 heterocycles. The first kappa shape index (κ1) is 24.1. The Morgan fingerprint density at radius 2 is 1.76 bits per heavy atom. The predicted octanol–water partition coefficient (Wildman–Crippen LogP) is 6.51. The first-order valence-corrected chi connectivity index (χ1v) is 11.2. The van der Waals surface area contributed by atoms with Crippen molar-refractivity contribution in [2.75, 3.05) is 12.4 Å². The van der Waals surface area contributed by atoms with E-state index in [9.17, 15) is 10.1 Å². The highest BCUT2D eigenvalue weighted by atomic mass is 79.9. The van der Waals surface area contributed by atoms with Gasteiger partial charge in [0.1, 0.15) is 18.2 Å². The van der Waals surface area contributed by atoms with E-state index in [0.717, 1.165) is 16.7 Å². The van der Waals surface area contributed by atoms with E-state index < -0.39 is 5.91 Å². The van der Waals surface area contributed by atoms with Crippen LogP contribution in [0.2, 0.25) is 0 Å². The van der Waals surface area contributed by atoms with Crippen LogP contribution >= 0.6 is 15.9 Å². The SMILES string of the molecule is COc1cc(C=C(C#N)C(=O)Nc2ccc(C)c(C)c2)c(Br)cc1OCc1ccc(C)cc1. The van der Waals surface area contributed by atoms with Gasteiger partial charge in [-0.3, -0.25) is 4.79 Å². The van der Waals surface area contributed by atoms with E-state index in [1.54, 1.807) is 19.2 Å². The van der Waals surface area contributed by atoms with E-state index in [0.29, 0.717) is 33.8 Å². The average molecular weight is 505 g/mol. The van der Waals surface area contributed by atoms with Gasteiger partial charge in [0.05, 0.1) is 7.11 Å². The molecule has 0 aliphatic rings. The molecule has 1 amide bonds. The fourth-order valence-electron chi connectivity index (χ4n) is 3.10. The summed E-state index contributed by atoms with van der Waals surface area (Å²) in [5.74, 6) is 0.579. The quantitative estimate of drug-likeness (QED) is 0.294. The molecule has 0 spiro atoms. The summed E-state index contributed by atoms with van der Waals surface area (Å²) in [6, 6.07) is 19.2. The lowest BCUT2D eigenvalue weighted by Crippen LogP contribution is -2.13. The first-order valence-electron chi connectivity index (χ1n) is 10.4. The number of hydrogen-bond acceptors (Lipinski definition) is 4. The molecule has 0 aromatic heterocycles. The standard InChI is InChI=1S/C27H25BrN2O3/c1-17-5-8-20(9-6-17)16-33-26-14-24(28)21(13-25(26)32-4)12-22(15-29)27(31)30-23-10-7-18(2)19(3)11-23/h5-14H,16H2,1-4H3,(H,30,31). The summed E-state index contributed by atoms with van der Waals surface area (Å²) in [5.41, 5.74) is 5.66. The third kappa shape index (κ3) is 6.24. The predicted molar refractivity (Wildman–Crippen MR) is 134 cm³/mol. The van der Waals surface area contributed by atoms with Crippen LogP contribution in [0.4, 0.5) is 5.69 Å². The Morgan fingerprint density at radius 3 is 2.39 bits per heavy atom. The third-order valence-electron chi connectivity index (χ3n) is 5.23. The van der Waals surface area contributed by atoms with Crippen molar-refractivity contribution < 1.29 is 14.3 Å². The zero-order valence-corrected chi connectivity index (χ0v) is 20.6. The number of ether oxygens (including phenoxy) is 2. The van der Waals surface area contributed by atoms with Crippen molar-refractivity contribution in [3.63, 3.8) is 0 Å². The Hall–Kier alpha value is -3.56. The second kappa shape index (κ2) is 10.8. The molecular weight excluding hydrogens is 480 g/mol. The fraction of sp³-hybridized carbons (Fsp3) is 0.185. The topological polar surface area (TPSA) is 71.3 Å². The van der Waals surface area contributed by atoms with E-state index in [4.69, 9.17) is 9.47 Å². The van der Waals surface area contributed by atoms with Gasteiger partial charge in [0, 0.05) is 10.2 Å². The lowest BCUT2D eigenvalue weighted by molar-refractivity contribution is -0.112. The molecule has 3 rings (SSSR count). The Bertz CT molecular complexity index is 1240. The third-order valence-corrected chi connectivity index (χ3v) is 5.91. The van der Waals surface area contributed by atoms with Crippen LogP contribution in [0, 0.1) is 32.1 Å².